The number of nitrogens with one attached hydrogen (secondary N) is 1. The van der Waals surface area contributed by atoms with Gasteiger partial charge in [0.15, 0.2) is 0 Å². The first-order chi connectivity index (χ1) is 18.2. The van der Waals surface area contributed by atoms with Crippen molar-refractivity contribution in [2.24, 2.45) is 0 Å². The van der Waals surface area contributed by atoms with Gasteiger partial charge >= 0.3 is 0 Å². The minimum Gasteiger partial charge on any atom is -0.497 e. The lowest BCUT2D eigenvalue weighted by molar-refractivity contribution is -0.140. The molecule has 0 radical (unpaired) electrons. The Morgan fingerprint density at radius 2 is 1.58 bits per heavy atom. The van der Waals surface area contributed by atoms with E-state index in [9.17, 15) is 18.0 Å². The van der Waals surface area contributed by atoms with E-state index >= 15 is 0 Å². The van der Waals surface area contributed by atoms with E-state index in [-0.39, 0.29) is 23.0 Å². The summed E-state index contributed by atoms with van der Waals surface area (Å²) in [6.07, 6.45) is 0.358. The van der Waals surface area contributed by atoms with Gasteiger partial charge in [0.2, 0.25) is 11.8 Å². The van der Waals surface area contributed by atoms with Crippen molar-refractivity contribution in [2.45, 2.75) is 37.8 Å². The molecule has 10 heteroatoms. The molecule has 3 aromatic rings. The van der Waals surface area contributed by atoms with Crippen LogP contribution in [0.4, 0.5) is 5.69 Å². The highest BCUT2D eigenvalue weighted by atomic mass is 35.5. The Labute approximate surface area is 229 Å². The summed E-state index contributed by atoms with van der Waals surface area (Å²) in [6, 6.07) is 20.6. The minimum atomic E-state index is -4.17. The number of amides is 2. The second-order valence-corrected chi connectivity index (χ2v) is 10.8. The second-order valence-electron chi connectivity index (χ2n) is 8.49. The lowest BCUT2D eigenvalue weighted by Gasteiger charge is -2.33. The molecule has 38 heavy (non-hydrogen) atoms. The molecule has 0 saturated heterocycles. The number of carbonyl (C=O) groups is 2. The Morgan fingerprint density at radius 1 is 0.947 bits per heavy atom. The summed E-state index contributed by atoms with van der Waals surface area (Å²) in [5.41, 5.74) is 1.09. The van der Waals surface area contributed by atoms with Crippen LogP contribution < -0.4 is 14.4 Å². The van der Waals surface area contributed by atoms with Gasteiger partial charge in [-0.1, -0.05) is 48.9 Å². The quantitative estimate of drug-likeness (QED) is 0.354. The molecule has 0 fully saturated rings. The van der Waals surface area contributed by atoms with Crippen molar-refractivity contribution in [3.05, 3.63) is 89.4 Å². The van der Waals surface area contributed by atoms with Crippen LogP contribution in [0.1, 0.15) is 25.8 Å². The molecule has 2 amide bonds. The zero-order valence-electron chi connectivity index (χ0n) is 21.6. The zero-order valence-corrected chi connectivity index (χ0v) is 23.2. The van der Waals surface area contributed by atoms with E-state index in [0.29, 0.717) is 23.7 Å². The largest absolute Gasteiger partial charge is 0.497 e. The van der Waals surface area contributed by atoms with Gasteiger partial charge in [0.25, 0.3) is 10.0 Å². The van der Waals surface area contributed by atoms with Gasteiger partial charge in [-0.3, -0.25) is 13.9 Å². The average molecular weight is 558 g/mol. The lowest BCUT2D eigenvalue weighted by Crippen LogP contribution is -2.52. The number of anilines is 1. The first-order valence-corrected chi connectivity index (χ1v) is 14.1. The van der Waals surface area contributed by atoms with E-state index in [2.05, 4.69) is 5.32 Å². The summed E-state index contributed by atoms with van der Waals surface area (Å²) in [7, 11) is -2.68. The third kappa shape index (κ3) is 7.05. The van der Waals surface area contributed by atoms with Crippen molar-refractivity contribution in [3.8, 4) is 5.75 Å². The number of halogens is 1. The van der Waals surface area contributed by atoms with Crippen LogP contribution in [0.15, 0.2) is 83.8 Å². The smallest absolute Gasteiger partial charge is 0.264 e. The van der Waals surface area contributed by atoms with E-state index in [4.69, 9.17) is 16.3 Å². The highest BCUT2D eigenvalue weighted by molar-refractivity contribution is 7.92. The molecule has 3 aromatic carbocycles. The van der Waals surface area contributed by atoms with E-state index in [1.54, 1.807) is 43.3 Å². The standard InChI is InChI=1S/C28H32ClN3O5S/c1-4-26(28(34)30-5-2)31(19-21-9-7-6-8-10-21)27(33)20-32(23-13-11-22(29)12-14-23)38(35,36)25-17-15-24(37-3)16-18-25/h6-18,26H,4-5,19-20H2,1-3H3,(H,30,34). The number of carbonyl (C=O) groups excluding carboxylic acids is 2. The molecule has 0 heterocycles. The summed E-state index contributed by atoms with van der Waals surface area (Å²) in [4.78, 5) is 28.2. The number of benzene rings is 3. The molecule has 0 saturated carbocycles. The molecule has 3 rings (SSSR count). The number of nitrogens with zero attached hydrogens (tertiary/aromatic N) is 2. The molecule has 0 bridgehead atoms. The van der Waals surface area contributed by atoms with Gasteiger partial charge in [0.1, 0.15) is 18.3 Å². The molecule has 0 aromatic heterocycles. The minimum absolute atomic E-state index is 0.00794. The number of ether oxygens (including phenoxy) is 1. The molecule has 1 N–H and O–H groups in total. The van der Waals surface area contributed by atoms with E-state index in [1.807, 2.05) is 37.3 Å². The predicted molar refractivity (Wildman–Crippen MR) is 149 cm³/mol. The van der Waals surface area contributed by atoms with Crippen LogP contribution in [0.5, 0.6) is 5.75 Å². The van der Waals surface area contributed by atoms with Gasteiger partial charge in [-0.25, -0.2) is 8.42 Å². The Hall–Kier alpha value is -3.56. The van der Waals surface area contributed by atoms with Crippen LogP contribution >= 0.6 is 11.6 Å². The molecular formula is C28H32ClN3O5S. The summed E-state index contributed by atoms with van der Waals surface area (Å²) < 4.78 is 33.8. The molecule has 0 aliphatic carbocycles. The van der Waals surface area contributed by atoms with Crippen LogP contribution in [0.3, 0.4) is 0 Å². The van der Waals surface area contributed by atoms with Crippen LogP contribution in [0.2, 0.25) is 5.02 Å². The van der Waals surface area contributed by atoms with Crippen LogP contribution in [0.25, 0.3) is 0 Å². The molecule has 0 spiro atoms. The molecular weight excluding hydrogens is 526 g/mol. The maximum absolute atomic E-state index is 13.9. The first kappa shape index (κ1) is 29.0. The van der Waals surface area contributed by atoms with Crippen LogP contribution in [-0.4, -0.2) is 51.4 Å². The number of likely N-dealkylation sites (N-methyl/N-ethyl adjacent to an activating group) is 1. The summed E-state index contributed by atoms with van der Waals surface area (Å²) in [6.45, 7) is 3.66. The molecule has 1 unspecified atom stereocenters. The summed E-state index contributed by atoms with van der Waals surface area (Å²) in [5.74, 6) is -0.311. The predicted octanol–water partition coefficient (Wildman–Crippen LogP) is 4.49. The highest BCUT2D eigenvalue weighted by Crippen LogP contribution is 2.27. The van der Waals surface area contributed by atoms with Crippen molar-refractivity contribution < 1.29 is 22.7 Å². The number of sulfonamides is 1. The topological polar surface area (TPSA) is 96.0 Å². The third-order valence-electron chi connectivity index (χ3n) is 5.97. The zero-order chi connectivity index (χ0) is 27.7. The number of hydrogen-bond donors (Lipinski definition) is 1. The highest BCUT2D eigenvalue weighted by Gasteiger charge is 2.33. The molecule has 0 aliphatic heterocycles. The van der Waals surface area contributed by atoms with E-state index in [1.165, 1.54) is 24.1 Å². The van der Waals surface area contributed by atoms with Gasteiger partial charge in [-0.2, -0.15) is 0 Å². The number of hydrogen-bond acceptors (Lipinski definition) is 5. The van der Waals surface area contributed by atoms with Crippen molar-refractivity contribution in [2.75, 3.05) is 24.5 Å². The van der Waals surface area contributed by atoms with E-state index < -0.39 is 28.5 Å². The fourth-order valence-corrected chi connectivity index (χ4v) is 5.54. The SMILES string of the molecule is CCNC(=O)C(CC)N(Cc1ccccc1)C(=O)CN(c1ccc(Cl)cc1)S(=O)(=O)c1ccc(OC)cc1. The Morgan fingerprint density at radius 3 is 2.13 bits per heavy atom. The fourth-order valence-electron chi connectivity index (χ4n) is 4.00. The lowest BCUT2D eigenvalue weighted by atomic mass is 10.1. The van der Waals surface area contributed by atoms with Crippen molar-refractivity contribution in [1.29, 1.82) is 0 Å². The Bertz CT molecular complexity index is 1320. The Kier molecular flexibility index (Phi) is 10.2. The van der Waals surface area contributed by atoms with Gasteiger partial charge in [0.05, 0.1) is 17.7 Å². The molecule has 202 valence electrons. The average Bonchev–Trinajstić information content (AvgIpc) is 2.92. The van der Waals surface area contributed by atoms with Crippen molar-refractivity contribution in [1.82, 2.24) is 10.2 Å². The van der Waals surface area contributed by atoms with Gasteiger partial charge in [-0.15, -0.1) is 0 Å². The van der Waals surface area contributed by atoms with Gasteiger partial charge < -0.3 is 15.0 Å². The number of methoxy groups -OCH3 is 1. The Balaban J connectivity index is 2.04. The normalized spacial score (nSPS) is 11.9. The maximum atomic E-state index is 13.9. The van der Waals surface area contributed by atoms with Crippen molar-refractivity contribution in [3.63, 3.8) is 0 Å². The number of rotatable bonds is 12. The van der Waals surface area contributed by atoms with E-state index in [0.717, 1.165) is 9.87 Å². The summed E-state index contributed by atoms with van der Waals surface area (Å²) >= 11 is 6.05. The van der Waals surface area contributed by atoms with Crippen LogP contribution in [0, 0.1) is 0 Å². The molecule has 1 atom stereocenters. The van der Waals surface area contributed by atoms with Gasteiger partial charge in [0, 0.05) is 18.1 Å². The monoisotopic (exact) mass is 557 g/mol. The molecule has 8 nitrogen and oxygen atoms in total. The maximum Gasteiger partial charge on any atom is 0.264 e. The molecule has 0 aliphatic rings. The first-order valence-electron chi connectivity index (χ1n) is 12.2. The third-order valence-corrected chi connectivity index (χ3v) is 8.01. The fraction of sp³-hybridized carbons (Fsp3) is 0.286. The second kappa shape index (κ2) is 13.3. The summed E-state index contributed by atoms with van der Waals surface area (Å²) in [5, 5.41) is 3.21. The van der Waals surface area contributed by atoms with Crippen molar-refractivity contribution >= 4 is 39.1 Å². The van der Waals surface area contributed by atoms with Gasteiger partial charge in [-0.05, 0) is 67.4 Å². The van der Waals surface area contributed by atoms with Crippen LogP contribution in [-0.2, 0) is 26.2 Å².